The number of rotatable bonds is 3. The van der Waals surface area contributed by atoms with Crippen molar-refractivity contribution in [3.8, 4) is 0 Å². The monoisotopic (exact) mass is 288 g/mol. The number of carbonyl (C=O) groups excluding carboxylic acids is 2. The van der Waals surface area contributed by atoms with Crippen molar-refractivity contribution in [3.63, 3.8) is 0 Å². The highest BCUT2D eigenvalue weighted by molar-refractivity contribution is 6.00. The fourth-order valence-corrected chi connectivity index (χ4v) is 3.09. The molecule has 1 saturated heterocycles. The van der Waals surface area contributed by atoms with Crippen molar-refractivity contribution in [2.75, 3.05) is 18.0 Å². The number of hydrogen-bond donors (Lipinski definition) is 2. The molecule has 2 unspecified atom stereocenters. The molecule has 0 bridgehead atoms. The van der Waals surface area contributed by atoms with E-state index in [-0.39, 0.29) is 36.5 Å². The summed E-state index contributed by atoms with van der Waals surface area (Å²) in [6, 6.07) is 7.39. The third-order valence-corrected chi connectivity index (χ3v) is 4.08. The van der Waals surface area contributed by atoms with Gasteiger partial charge in [-0.15, -0.1) is 0 Å². The molecule has 1 aromatic rings. The minimum Gasteiger partial charge on any atom is -0.481 e. The van der Waals surface area contributed by atoms with Crippen LogP contribution < -0.4 is 10.2 Å². The van der Waals surface area contributed by atoms with Crippen LogP contribution in [0.25, 0.3) is 0 Å². The number of amides is 2. The van der Waals surface area contributed by atoms with Crippen LogP contribution >= 0.6 is 0 Å². The number of hydrogen-bond acceptors (Lipinski definition) is 3. The van der Waals surface area contributed by atoms with E-state index in [4.69, 9.17) is 5.11 Å². The quantitative estimate of drug-likeness (QED) is 0.858. The standard InChI is InChI=1S/C15H16N2O4/c18-13-5-9(7-16-13)15(21)17-8-10(6-14(19)20)11-3-1-2-4-12(11)17/h1-4,9-10H,5-8H2,(H,16,18)(H,19,20). The van der Waals surface area contributed by atoms with Gasteiger partial charge in [0.05, 0.1) is 12.3 Å². The average molecular weight is 288 g/mol. The molecule has 1 fully saturated rings. The Balaban J connectivity index is 1.85. The summed E-state index contributed by atoms with van der Waals surface area (Å²) in [5.74, 6) is -1.62. The van der Waals surface area contributed by atoms with Crippen molar-refractivity contribution in [3.05, 3.63) is 29.8 Å². The fourth-order valence-electron chi connectivity index (χ4n) is 3.09. The van der Waals surface area contributed by atoms with Crippen molar-refractivity contribution < 1.29 is 19.5 Å². The summed E-state index contributed by atoms with van der Waals surface area (Å²) in [6.45, 7) is 0.731. The summed E-state index contributed by atoms with van der Waals surface area (Å²) in [5, 5.41) is 11.7. The zero-order valence-corrected chi connectivity index (χ0v) is 11.4. The van der Waals surface area contributed by atoms with Crippen LogP contribution in [0.1, 0.15) is 24.3 Å². The highest BCUT2D eigenvalue weighted by Gasteiger charge is 2.38. The molecule has 0 radical (unpaired) electrons. The van der Waals surface area contributed by atoms with Crippen LogP contribution in [-0.4, -0.2) is 36.0 Å². The SMILES string of the molecule is O=C(O)CC1CN(C(=O)C2CNC(=O)C2)c2ccccc21. The van der Waals surface area contributed by atoms with E-state index < -0.39 is 5.97 Å². The Bertz CT molecular complexity index is 613. The van der Waals surface area contributed by atoms with Crippen molar-refractivity contribution in [2.24, 2.45) is 5.92 Å². The lowest BCUT2D eigenvalue weighted by Gasteiger charge is -2.20. The second-order valence-corrected chi connectivity index (χ2v) is 5.51. The highest BCUT2D eigenvalue weighted by atomic mass is 16.4. The third-order valence-electron chi connectivity index (χ3n) is 4.08. The molecule has 21 heavy (non-hydrogen) atoms. The van der Waals surface area contributed by atoms with Gasteiger partial charge in [0.25, 0.3) is 0 Å². The number of carboxylic acids is 1. The number of carbonyl (C=O) groups is 3. The smallest absolute Gasteiger partial charge is 0.304 e. The van der Waals surface area contributed by atoms with Crippen molar-refractivity contribution in [1.29, 1.82) is 0 Å². The Morgan fingerprint density at radius 1 is 1.33 bits per heavy atom. The summed E-state index contributed by atoms with van der Waals surface area (Å²) in [4.78, 5) is 36.5. The van der Waals surface area contributed by atoms with Gasteiger partial charge in [0.15, 0.2) is 0 Å². The van der Waals surface area contributed by atoms with Crippen LogP contribution in [0.3, 0.4) is 0 Å². The number of carboxylic acid groups (broad SMARTS) is 1. The van der Waals surface area contributed by atoms with Crippen LogP contribution in [0.15, 0.2) is 24.3 Å². The molecule has 2 amide bonds. The number of nitrogens with zero attached hydrogens (tertiary/aromatic N) is 1. The van der Waals surface area contributed by atoms with Gasteiger partial charge >= 0.3 is 5.97 Å². The Morgan fingerprint density at radius 2 is 2.10 bits per heavy atom. The van der Waals surface area contributed by atoms with E-state index >= 15 is 0 Å². The van der Waals surface area contributed by atoms with Crippen LogP contribution in [-0.2, 0) is 14.4 Å². The molecule has 2 atom stereocenters. The lowest BCUT2D eigenvalue weighted by molar-refractivity contribution is -0.137. The molecule has 110 valence electrons. The van der Waals surface area contributed by atoms with Gasteiger partial charge in [-0.2, -0.15) is 0 Å². The molecule has 2 heterocycles. The van der Waals surface area contributed by atoms with E-state index in [1.54, 1.807) is 4.90 Å². The van der Waals surface area contributed by atoms with E-state index in [1.807, 2.05) is 24.3 Å². The molecule has 0 spiro atoms. The molecule has 3 rings (SSSR count). The number of para-hydroxylation sites is 1. The topological polar surface area (TPSA) is 86.7 Å². The first kappa shape index (κ1) is 13.6. The number of anilines is 1. The lowest BCUT2D eigenvalue weighted by atomic mass is 9.98. The van der Waals surface area contributed by atoms with Crippen molar-refractivity contribution in [2.45, 2.75) is 18.8 Å². The number of aliphatic carboxylic acids is 1. The molecule has 6 heteroatoms. The first-order chi connectivity index (χ1) is 10.1. The Morgan fingerprint density at radius 3 is 2.76 bits per heavy atom. The molecule has 0 aromatic heterocycles. The summed E-state index contributed by atoms with van der Waals surface area (Å²) in [6.07, 6.45) is 0.212. The largest absolute Gasteiger partial charge is 0.481 e. The van der Waals surface area contributed by atoms with Gasteiger partial charge in [-0.3, -0.25) is 14.4 Å². The summed E-state index contributed by atoms with van der Waals surface area (Å²) in [7, 11) is 0. The van der Waals surface area contributed by atoms with Gasteiger partial charge in [-0.1, -0.05) is 18.2 Å². The van der Waals surface area contributed by atoms with Gasteiger partial charge in [0, 0.05) is 31.1 Å². The minimum atomic E-state index is -0.873. The van der Waals surface area contributed by atoms with Gasteiger partial charge in [-0.05, 0) is 11.6 Å². The predicted molar refractivity (Wildman–Crippen MR) is 74.9 cm³/mol. The number of benzene rings is 1. The lowest BCUT2D eigenvalue weighted by Crippen LogP contribution is -2.36. The van der Waals surface area contributed by atoms with Crippen molar-refractivity contribution in [1.82, 2.24) is 5.32 Å². The van der Waals surface area contributed by atoms with Gasteiger partial charge < -0.3 is 15.3 Å². The maximum absolute atomic E-state index is 12.6. The van der Waals surface area contributed by atoms with Crippen LogP contribution in [0, 0.1) is 5.92 Å². The summed E-state index contributed by atoms with van der Waals surface area (Å²) in [5.41, 5.74) is 1.67. The van der Waals surface area contributed by atoms with Gasteiger partial charge in [-0.25, -0.2) is 0 Å². The number of fused-ring (bicyclic) bond motifs is 1. The first-order valence-corrected chi connectivity index (χ1v) is 6.95. The van der Waals surface area contributed by atoms with Gasteiger partial charge in [0.1, 0.15) is 0 Å². The molecule has 2 N–H and O–H groups in total. The van der Waals surface area contributed by atoms with Gasteiger partial charge in [0.2, 0.25) is 11.8 Å². The normalized spacial score (nSPS) is 23.8. The molecule has 2 aliphatic heterocycles. The van der Waals surface area contributed by atoms with Crippen molar-refractivity contribution >= 4 is 23.5 Å². The Kier molecular flexibility index (Phi) is 3.37. The molecule has 1 aromatic carbocycles. The Hall–Kier alpha value is -2.37. The zero-order chi connectivity index (χ0) is 15.0. The van der Waals surface area contributed by atoms with Crippen LogP contribution in [0.5, 0.6) is 0 Å². The fraction of sp³-hybridized carbons (Fsp3) is 0.400. The predicted octanol–water partition coefficient (Wildman–Crippen LogP) is 0.728. The molecule has 2 aliphatic rings. The van der Waals surface area contributed by atoms with E-state index in [1.165, 1.54) is 0 Å². The third kappa shape index (κ3) is 2.49. The first-order valence-electron chi connectivity index (χ1n) is 6.95. The van der Waals surface area contributed by atoms with E-state index in [0.717, 1.165) is 11.3 Å². The second-order valence-electron chi connectivity index (χ2n) is 5.51. The Labute approximate surface area is 121 Å². The maximum atomic E-state index is 12.6. The minimum absolute atomic E-state index is 0.00262. The molecule has 0 aliphatic carbocycles. The summed E-state index contributed by atoms with van der Waals surface area (Å²) < 4.78 is 0. The average Bonchev–Trinajstić information content (AvgIpc) is 3.03. The molecule has 0 saturated carbocycles. The highest BCUT2D eigenvalue weighted by Crippen LogP contribution is 2.39. The molecular weight excluding hydrogens is 272 g/mol. The second kappa shape index (κ2) is 5.20. The molecular formula is C15H16N2O4. The maximum Gasteiger partial charge on any atom is 0.304 e. The van der Waals surface area contributed by atoms with Crippen LogP contribution in [0.4, 0.5) is 5.69 Å². The summed E-state index contributed by atoms with van der Waals surface area (Å²) >= 11 is 0. The van der Waals surface area contributed by atoms with E-state index in [0.29, 0.717) is 13.1 Å². The zero-order valence-electron chi connectivity index (χ0n) is 11.4. The molecule has 6 nitrogen and oxygen atoms in total. The number of nitrogens with one attached hydrogen (secondary N) is 1. The van der Waals surface area contributed by atoms with Crippen LogP contribution in [0.2, 0.25) is 0 Å². The van der Waals surface area contributed by atoms with E-state index in [2.05, 4.69) is 5.32 Å². The van der Waals surface area contributed by atoms with E-state index in [9.17, 15) is 14.4 Å².